The Morgan fingerprint density at radius 2 is 2.00 bits per heavy atom. The summed E-state index contributed by atoms with van der Waals surface area (Å²) in [6.07, 6.45) is 11.4. The fourth-order valence-electron chi connectivity index (χ4n) is 2.37. The van der Waals surface area contributed by atoms with E-state index >= 15 is 0 Å². The molecule has 3 nitrogen and oxygen atoms in total. The lowest BCUT2D eigenvalue weighted by atomic mass is 9.83. The van der Waals surface area contributed by atoms with Crippen molar-refractivity contribution >= 4 is 5.97 Å². The Kier molecular flexibility index (Phi) is 5.75. The Morgan fingerprint density at radius 3 is 2.55 bits per heavy atom. The number of hydrogen-bond acceptors (Lipinski definition) is 3. The minimum atomic E-state index is -0.618. The average Bonchev–Trinajstić information content (AvgIpc) is 2.55. The Morgan fingerprint density at radius 1 is 1.35 bits per heavy atom. The van der Waals surface area contributed by atoms with Crippen LogP contribution in [0.4, 0.5) is 0 Å². The minimum absolute atomic E-state index is 0.0164. The summed E-state index contributed by atoms with van der Waals surface area (Å²) in [4.78, 5) is 11.8. The van der Waals surface area contributed by atoms with Crippen molar-refractivity contribution < 1.29 is 9.53 Å². The van der Waals surface area contributed by atoms with E-state index in [1.54, 1.807) is 0 Å². The number of carbonyl (C=O) groups excluding carboxylic acids is 1. The smallest absolute Gasteiger partial charge is 0.323 e. The lowest BCUT2D eigenvalue weighted by Gasteiger charge is -2.25. The van der Waals surface area contributed by atoms with E-state index in [2.05, 4.69) is 52.0 Å². The van der Waals surface area contributed by atoms with Crippen molar-refractivity contribution in [1.29, 1.82) is 0 Å². The van der Waals surface area contributed by atoms with Gasteiger partial charge in [-0.2, -0.15) is 0 Å². The Bertz CT molecular complexity index is 430. The summed E-state index contributed by atoms with van der Waals surface area (Å²) in [5.74, 6) is 0.0972. The molecule has 0 amide bonds. The lowest BCUT2D eigenvalue weighted by Crippen LogP contribution is -2.40. The van der Waals surface area contributed by atoms with Crippen LogP contribution in [0.2, 0.25) is 0 Å². The molecule has 20 heavy (non-hydrogen) atoms. The molecule has 0 fully saturated rings. The standard InChI is InChI=1S/C17H27NO2/c1-12(2)11-14(15(18)16(19)20-5)13-7-6-9-17(3,4)10-8-13/h6-10,12,14-15H,11,18H2,1-5H3. The molecule has 0 aliphatic heterocycles. The number of esters is 1. The first kappa shape index (κ1) is 16.7. The number of nitrogens with two attached hydrogens (primary N) is 1. The second-order valence-electron chi connectivity index (χ2n) is 6.47. The molecular formula is C17H27NO2. The topological polar surface area (TPSA) is 52.3 Å². The molecule has 0 saturated heterocycles. The van der Waals surface area contributed by atoms with Crippen LogP contribution in [0.3, 0.4) is 0 Å². The van der Waals surface area contributed by atoms with E-state index in [1.807, 2.05) is 6.08 Å². The van der Waals surface area contributed by atoms with Crippen LogP contribution in [0.5, 0.6) is 0 Å². The van der Waals surface area contributed by atoms with Crippen molar-refractivity contribution in [2.45, 2.75) is 40.2 Å². The predicted molar refractivity (Wildman–Crippen MR) is 83.1 cm³/mol. The Hall–Kier alpha value is -1.35. The second kappa shape index (κ2) is 6.89. The Balaban J connectivity index is 3.03. The predicted octanol–water partition coefficient (Wildman–Crippen LogP) is 3.23. The average molecular weight is 277 g/mol. The van der Waals surface area contributed by atoms with Gasteiger partial charge < -0.3 is 10.5 Å². The first-order valence-corrected chi connectivity index (χ1v) is 7.19. The molecule has 2 unspecified atom stereocenters. The van der Waals surface area contributed by atoms with Gasteiger partial charge in [-0.25, -0.2) is 0 Å². The third kappa shape index (κ3) is 4.64. The highest BCUT2D eigenvalue weighted by molar-refractivity contribution is 5.76. The summed E-state index contributed by atoms with van der Waals surface area (Å²) in [6.45, 7) is 8.57. The SMILES string of the molecule is COC(=O)C(N)C(CC(C)C)C1=CC=CC(C)(C)C=C1. The van der Waals surface area contributed by atoms with Gasteiger partial charge in [0.1, 0.15) is 6.04 Å². The molecule has 0 aromatic heterocycles. The summed E-state index contributed by atoms with van der Waals surface area (Å²) in [5.41, 5.74) is 7.22. The molecule has 2 atom stereocenters. The number of carbonyl (C=O) groups is 1. The van der Waals surface area contributed by atoms with Crippen LogP contribution in [0.1, 0.15) is 34.1 Å². The molecule has 0 bridgehead atoms. The molecule has 0 saturated carbocycles. The molecule has 2 N–H and O–H groups in total. The number of allylic oxidation sites excluding steroid dienone is 5. The van der Waals surface area contributed by atoms with E-state index in [-0.39, 0.29) is 17.3 Å². The summed E-state index contributed by atoms with van der Waals surface area (Å²) in [5, 5.41) is 0. The Labute approximate surface area is 122 Å². The van der Waals surface area contributed by atoms with Crippen molar-refractivity contribution in [3.63, 3.8) is 0 Å². The molecule has 0 radical (unpaired) electrons. The van der Waals surface area contributed by atoms with Gasteiger partial charge in [-0.15, -0.1) is 0 Å². The molecule has 0 spiro atoms. The maximum atomic E-state index is 11.8. The van der Waals surface area contributed by atoms with Gasteiger partial charge >= 0.3 is 5.97 Å². The fourth-order valence-corrected chi connectivity index (χ4v) is 2.37. The van der Waals surface area contributed by atoms with Gasteiger partial charge in [0.25, 0.3) is 0 Å². The molecule has 1 rings (SSSR count). The number of ether oxygens (including phenoxy) is 1. The van der Waals surface area contributed by atoms with Gasteiger partial charge in [0.15, 0.2) is 0 Å². The zero-order chi connectivity index (χ0) is 15.3. The third-order valence-corrected chi connectivity index (χ3v) is 3.58. The van der Waals surface area contributed by atoms with Crippen molar-refractivity contribution in [2.75, 3.05) is 7.11 Å². The highest BCUT2D eigenvalue weighted by Crippen LogP contribution is 2.29. The first-order chi connectivity index (χ1) is 9.26. The van der Waals surface area contributed by atoms with Crippen molar-refractivity contribution in [2.24, 2.45) is 23.0 Å². The quantitative estimate of drug-likeness (QED) is 0.785. The third-order valence-electron chi connectivity index (χ3n) is 3.58. The van der Waals surface area contributed by atoms with Crippen molar-refractivity contribution in [1.82, 2.24) is 0 Å². The molecular weight excluding hydrogens is 250 g/mol. The van der Waals surface area contributed by atoms with E-state index < -0.39 is 6.04 Å². The first-order valence-electron chi connectivity index (χ1n) is 7.19. The van der Waals surface area contributed by atoms with Crippen LogP contribution in [-0.4, -0.2) is 19.1 Å². The van der Waals surface area contributed by atoms with Crippen LogP contribution in [0.25, 0.3) is 0 Å². The normalized spacial score (nSPS) is 20.2. The molecule has 112 valence electrons. The second-order valence-corrected chi connectivity index (χ2v) is 6.47. The van der Waals surface area contributed by atoms with E-state index in [1.165, 1.54) is 7.11 Å². The van der Waals surface area contributed by atoms with Gasteiger partial charge in [-0.3, -0.25) is 4.79 Å². The maximum absolute atomic E-state index is 11.8. The largest absolute Gasteiger partial charge is 0.468 e. The number of hydrogen-bond donors (Lipinski definition) is 1. The monoisotopic (exact) mass is 277 g/mol. The van der Waals surface area contributed by atoms with Crippen LogP contribution in [0.15, 0.2) is 36.0 Å². The van der Waals surface area contributed by atoms with Crippen LogP contribution >= 0.6 is 0 Å². The van der Waals surface area contributed by atoms with Crippen molar-refractivity contribution in [3.8, 4) is 0 Å². The van der Waals surface area contributed by atoms with Crippen molar-refractivity contribution in [3.05, 3.63) is 36.0 Å². The van der Waals surface area contributed by atoms with Crippen LogP contribution in [0, 0.1) is 17.3 Å². The maximum Gasteiger partial charge on any atom is 0.323 e. The summed E-state index contributed by atoms with van der Waals surface area (Å²) in [6, 6.07) is -0.618. The molecule has 0 aromatic carbocycles. The zero-order valence-electron chi connectivity index (χ0n) is 13.2. The van der Waals surface area contributed by atoms with E-state index in [0.29, 0.717) is 5.92 Å². The molecule has 0 heterocycles. The van der Waals surface area contributed by atoms with Crippen LogP contribution < -0.4 is 5.73 Å². The summed E-state index contributed by atoms with van der Waals surface area (Å²) >= 11 is 0. The molecule has 0 aromatic rings. The van der Waals surface area contributed by atoms with Gasteiger partial charge in [-0.1, -0.05) is 58.1 Å². The number of rotatable bonds is 5. The molecule has 1 aliphatic rings. The fraction of sp³-hybridized carbons (Fsp3) is 0.588. The highest BCUT2D eigenvalue weighted by atomic mass is 16.5. The number of methoxy groups -OCH3 is 1. The van der Waals surface area contributed by atoms with E-state index in [0.717, 1.165) is 12.0 Å². The lowest BCUT2D eigenvalue weighted by molar-refractivity contribution is -0.143. The molecule has 1 aliphatic carbocycles. The zero-order valence-corrected chi connectivity index (χ0v) is 13.2. The van der Waals surface area contributed by atoms with Gasteiger partial charge in [0.05, 0.1) is 7.11 Å². The summed E-state index contributed by atoms with van der Waals surface area (Å²) < 4.78 is 4.80. The van der Waals surface area contributed by atoms with Crippen LogP contribution in [-0.2, 0) is 9.53 Å². The van der Waals surface area contributed by atoms with E-state index in [9.17, 15) is 4.79 Å². The minimum Gasteiger partial charge on any atom is -0.468 e. The van der Waals surface area contributed by atoms with Gasteiger partial charge in [0.2, 0.25) is 0 Å². The molecule has 3 heteroatoms. The van der Waals surface area contributed by atoms with Gasteiger partial charge in [0, 0.05) is 11.3 Å². The highest BCUT2D eigenvalue weighted by Gasteiger charge is 2.28. The van der Waals surface area contributed by atoms with E-state index in [4.69, 9.17) is 10.5 Å². The summed E-state index contributed by atoms with van der Waals surface area (Å²) in [7, 11) is 1.38. The van der Waals surface area contributed by atoms with Gasteiger partial charge in [-0.05, 0) is 17.9 Å².